The average molecular weight is 328 g/mol. The van der Waals surface area contributed by atoms with E-state index in [9.17, 15) is 18.0 Å². The lowest BCUT2D eigenvalue weighted by molar-refractivity contribution is -0.138. The Morgan fingerprint density at radius 1 is 1.32 bits per heavy atom. The molecule has 0 N–H and O–H groups in total. The molecule has 1 aliphatic rings. The van der Waals surface area contributed by atoms with Gasteiger partial charge in [-0.05, 0) is 0 Å². The van der Waals surface area contributed by atoms with E-state index in [2.05, 4.69) is 4.98 Å². The van der Waals surface area contributed by atoms with Crippen molar-refractivity contribution in [2.45, 2.75) is 18.6 Å². The molecule has 0 spiro atoms. The maximum absolute atomic E-state index is 12.6. The zero-order chi connectivity index (χ0) is 15.7. The van der Waals surface area contributed by atoms with Crippen molar-refractivity contribution >= 4 is 22.6 Å². The van der Waals surface area contributed by atoms with Gasteiger partial charge in [0.15, 0.2) is 5.13 Å². The van der Waals surface area contributed by atoms with Crippen molar-refractivity contribution in [3.63, 3.8) is 0 Å². The molecule has 1 aromatic heterocycles. The van der Waals surface area contributed by atoms with Crippen molar-refractivity contribution in [2.24, 2.45) is 0 Å². The van der Waals surface area contributed by atoms with Crippen LogP contribution in [0.15, 0.2) is 35.7 Å². The van der Waals surface area contributed by atoms with Gasteiger partial charge in [-0.2, -0.15) is 13.2 Å². The van der Waals surface area contributed by atoms with E-state index >= 15 is 0 Å². The number of alkyl halides is 3. The zero-order valence-corrected chi connectivity index (χ0v) is 12.0. The molecule has 1 aromatic carbocycles. The highest BCUT2D eigenvalue weighted by atomic mass is 32.1. The van der Waals surface area contributed by atoms with Crippen molar-refractivity contribution in [1.82, 2.24) is 4.98 Å². The van der Waals surface area contributed by atoms with Crippen LogP contribution in [0.2, 0.25) is 0 Å². The number of carbonyl (C=O) groups excluding carboxylic acids is 1. The van der Waals surface area contributed by atoms with Crippen molar-refractivity contribution in [3.8, 4) is 11.3 Å². The summed E-state index contributed by atoms with van der Waals surface area (Å²) < 4.78 is 42.5. The molecule has 0 bridgehead atoms. The molecule has 2 aromatic rings. The van der Waals surface area contributed by atoms with E-state index in [1.807, 2.05) is 30.3 Å². The van der Waals surface area contributed by atoms with E-state index in [0.717, 1.165) is 21.8 Å². The second-order valence-electron chi connectivity index (χ2n) is 4.80. The molecule has 2 heterocycles. The molecule has 0 unspecified atom stereocenters. The number of halogens is 3. The van der Waals surface area contributed by atoms with Crippen LogP contribution in [0.5, 0.6) is 0 Å². The molecular formula is C14H11F3N2O2S. The van der Waals surface area contributed by atoms with Crippen LogP contribution in [-0.4, -0.2) is 29.9 Å². The summed E-state index contributed by atoms with van der Waals surface area (Å²) in [6.07, 6.45) is -6.27. The minimum atomic E-state index is -4.36. The number of cyclic esters (lactones) is 1. The highest BCUT2D eigenvalue weighted by Crippen LogP contribution is 2.34. The monoisotopic (exact) mass is 328 g/mol. The summed E-state index contributed by atoms with van der Waals surface area (Å²) in [4.78, 5) is 17.0. The first-order valence-corrected chi connectivity index (χ1v) is 7.36. The summed E-state index contributed by atoms with van der Waals surface area (Å²) in [5.41, 5.74) is 1.45. The third-order valence-corrected chi connectivity index (χ3v) is 4.04. The van der Waals surface area contributed by atoms with Crippen molar-refractivity contribution in [2.75, 3.05) is 11.5 Å². The number of hydrogen-bond acceptors (Lipinski definition) is 4. The molecule has 0 aliphatic carbocycles. The average Bonchev–Trinajstić information content (AvgIpc) is 3.05. The normalized spacial score (nSPS) is 18.6. The number of ether oxygens (including phenoxy) is 1. The van der Waals surface area contributed by atoms with Gasteiger partial charge in [0.2, 0.25) is 0 Å². The van der Waals surface area contributed by atoms with E-state index in [0.29, 0.717) is 5.69 Å². The molecular weight excluding hydrogens is 317 g/mol. The number of rotatable bonds is 3. The van der Waals surface area contributed by atoms with E-state index in [1.54, 1.807) is 5.38 Å². The lowest BCUT2D eigenvalue weighted by Gasteiger charge is -2.19. The molecule has 8 heteroatoms. The predicted molar refractivity (Wildman–Crippen MR) is 75.8 cm³/mol. The van der Waals surface area contributed by atoms with Crippen LogP contribution in [0.4, 0.5) is 23.1 Å². The maximum atomic E-state index is 12.6. The topological polar surface area (TPSA) is 42.4 Å². The van der Waals surface area contributed by atoms with Gasteiger partial charge in [0.05, 0.1) is 18.2 Å². The second kappa shape index (κ2) is 5.60. The first-order valence-electron chi connectivity index (χ1n) is 6.48. The molecule has 1 atom stereocenters. The van der Waals surface area contributed by atoms with E-state index in [1.165, 1.54) is 0 Å². The number of hydrogen-bond donors (Lipinski definition) is 0. The van der Waals surface area contributed by atoms with Gasteiger partial charge in [0.1, 0.15) is 6.61 Å². The first-order chi connectivity index (χ1) is 10.4. The number of anilines is 1. The van der Waals surface area contributed by atoms with Gasteiger partial charge in [-0.3, -0.25) is 0 Å². The zero-order valence-electron chi connectivity index (χ0n) is 11.2. The van der Waals surface area contributed by atoms with Crippen molar-refractivity contribution in [1.29, 1.82) is 0 Å². The smallest absolute Gasteiger partial charge is 0.416 e. The number of benzene rings is 1. The Labute approximate surface area is 128 Å². The number of amides is 1. The third kappa shape index (κ3) is 3.06. The van der Waals surface area contributed by atoms with Gasteiger partial charge in [-0.1, -0.05) is 30.3 Å². The summed E-state index contributed by atoms with van der Waals surface area (Å²) in [5.74, 6) is 0. The Bertz CT molecular complexity index is 672. The van der Waals surface area contributed by atoms with Gasteiger partial charge in [-0.15, -0.1) is 11.3 Å². The third-order valence-electron chi connectivity index (χ3n) is 3.20. The molecule has 1 saturated heterocycles. The Morgan fingerprint density at radius 3 is 2.73 bits per heavy atom. The molecule has 0 radical (unpaired) electrons. The highest BCUT2D eigenvalue weighted by molar-refractivity contribution is 7.14. The summed E-state index contributed by atoms with van der Waals surface area (Å²) in [6.45, 7) is -0.279. The minimum Gasteiger partial charge on any atom is -0.447 e. The van der Waals surface area contributed by atoms with Gasteiger partial charge in [0.25, 0.3) is 0 Å². The Morgan fingerprint density at radius 2 is 2.05 bits per heavy atom. The van der Waals surface area contributed by atoms with Crippen molar-refractivity contribution in [3.05, 3.63) is 35.7 Å². The quantitative estimate of drug-likeness (QED) is 0.852. The molecule has 1 aliphatic heterocycles. The van der Waals surface area contributed by atoms with E-state index in [-0.39, 0.29) is 11.7 Å². The van der Waals surface area contributed by atoms with Gasteiger partial charge in [0, 0.05) is 10.9 Å². The minimum absolute atomic E-state index is 0.218. The van der Waals surface area contributed by atoms with Crippen LogP contribution in [0.3, 0.4) is 0 Å². The van der Waals surface area contributed by atoms with E-state index < -0.39 is 24.7 Å². The highest BCUT2D eigenvalue weighted by Gasteiger charge is 2.43. The summed E-state index contributed by atoms with van der Waals surface area (Å²) >= 11 is 1.12. The Kier molecular flexibility index (Phi) is 3.78. The Hall–Kier alpha value is -2.09. The predicted octanol–water partition coefficient (Wildman–Crippen LogP) is 4.09. The molecule has 1 amide bonds. The SMILES string of the molecule is O=C1OC[C@H](CC(F)(F)F)N1c1nc(-c2ccccc2)cs1. The number of aromatic nitrogens is 1. The number of carbonyl (C=O) groups is 1. The van der Waals surface area contributed by atoms with Crippen LogP contribution >= 0.6 is 11.3 Å². The van der Waals surface area contributed by atoms with Gasteiger partial charge >= 0.3 is 12.3 Å². The summed E-state index contributed by atoms with van der Waals surface area (Å²) in [5, 5.41) is 1.93. The summed E-state index contributed by atoms with van der Waals surface area (Å²) in [7, 11) is 0. The molecule has 1 fully saturated rings. The fourth-order valence-electron chi connectivity index (χ4n) is 2.23. The standard InChI is InChI=1S/C14H11F3N2O2S/c15-14(16,17)6-10-7-21-13(20)19(10)12-18-11(8-22-12)9-4-2-1-3-5-9/h1-5,8,10H,6-7H2/t10-/m0/s1. The maximum Gasteiger partial charge on any atom is 0.416 e. The molecule has 4 nitrogen and oxygen atoms in total. The van der Waals surface area contributed by atoms with Crippen molar-refractivity contribution < 1.29 is 22.7 Å². The van der Waals surface area contributed by atoms with Gasteiger partial charge < -0.3 is 4.74 Å². The fraction of sp³-hybridized carbons (Fsp3) is 0.286. The van der Waals surface area contributed by atoms with Crippen LogP contribution in [0.1, 0.15) is 6.42 Å². The van der Waals surface area contributed by atoms with Gasteiger partial charge in [-0.25, -0.2) is 14.7 Å². The van der Waals surface area contributed by atoms with Crippen LogP contribution in [-0.2, 0) is 4.74 Å². The van der Waals surface area contributed by atoms with Crippen LogP contribution < -0.4 is 4.90 Å². The van der Waals surface area contributed by atoms with Crippen LogP contribution in [0, 0.1) is 0 Å². The Balaban J connectivity index is 1.86. The van der Waals surface area contributed by atoms with Crippen LogP contribution in [0.25, 0.3) is 11.3 Å². The molecule has 22 heavy (non-hydrogen) atoms. The number of nitrogens with zero attached hydrogens (tertiary/aromatic N) is 2. The molecule has 116 valence electrons. The molecule has 0 saturated carbocycles. The molecule has 3 rings (SSSR count). The largest absolute Gasteiger partial charge is 0.447 e. The summed E-state index contributed by atoms with van der Waals surface area (Å²) in [6, 6.07) is 8.15. The fourth-order valence-corrected chi connectivity index (χ4v) is 3.12. The first kappa shape index (κ1) is 14.8. The van der Waals surface area contributed by atoms with E-state index in [4.69, 9.17) is 4.74 Å². The number of thiazole rings is 1. The lowest BCUT2D eigenvalue weighted by atomic mass is 10.2. The lowest BCUT2D eigenvalue weighted by Crippen LogP contribution is -2.36. The second-order valence-corrected chi connectivity index (χ2v) is 5.64.